The first-order chi connectivity index (χ1) is 17.7. The second-order valence-corrected chi connectivity index (χ2v) is 7.97. The van der Waals surface area contributed by atoms with Gasteiger partial charge >= 0.3 is 0 Å². The maximum absolute atomic E-state index is 6.01. The third kappa shape index (κ3) is 6.62. The molecule has 0 saturated heterocycles. The van der Waals surface area contributed by atoms with Gasteiger partial charge in [0.2, 0.25) is 0 Å². The normalized spacial score (nSPS) is 10.9. The van der Waals surface area contributed by atoms with Crippen LogP contribution in [-0.2, 0) is 15.9 Å². The van der Waals surface area contributed by atoms with Crippen molar-refractivity contribution in [2.24, 2.45) is 0 Å². The van der Waals surface area contributed by atoms with Crippen LogP contribution < -0.4 is 19.5 Å². The minimum Gasteiger partial charge on any atom is -0.487 e. The van der Waals surface area contributed by atoms with Crippen LogP contribution in [0.1, 0.15) is 12.5 Å². The molecule has 0 aliphatic heterocycles. The fourth-order valence-electron chi connectivity index (χ4n) is 3.57. The molecule has 0 amide bonds. The van der Waals surface area contributed by atoms with E-state index in [0.29, 0.717) is 43.7 Å². The van der Waals surface area contributed by atoms with Gasteiger partial charge in [-0.05, 0) is 54.4 Å². The topological polar surface area (TPSA) is 84.0 Å². The van der Waals surface area contributed by atoms with Crippen LogP contribution in [0.3, 0.4) is 0 Å². The summed E-state index contributed by atoms with van der Waals surface area (Å²) in [6.07, 6.45) is 2.49. The third-order valence-corrected chi connectivity index (χ3v) is 5.45. The van der Waals surface area contributed by atoms with Crippen LogP contribution in [-0.4, -0.2) is 50.6 Å². The van der Waals surface area contributed by atoms with Gasteiger partial charge < -0.3 is 29.0 Å². The Hall–Kier alpha value is -3.88. The first-order valence-electron chi connectivity index (χ1n) is 11.9. The van der Waals surface area contributed by atoms with Crippen LogP contribution in [0.15, 0.2) is 67.0 Å². The lowest BCUT2D eigenvalue weighted by atomic mass is 10.2. The summed E-state index contributed by atoms with van der Waals surface area (Å²) in [5, 5.41) is 4.18. The number of rotatable bonds is 13. The maximum atomic E-state index is 6.01. The fourth-order valence-corrected chi connectivity index (χ4v) is 3.57. The summed E-state index contributed by atoms with van der Waals surface area (Å²) < 4.78 is 28.0. The predicted octanol–water partition coefficient (Wildman–Crippen LogP) is 5.78. The number of fused-ring (bicyclic) bond motifs is 1. The highest BCUT2D eigenvalue weighted by Crippen LogP contribution is 2.35. The Balaban J connectivity index is 1.54. The smallest absolute Gasteiger partial charge is 0.163 e. The molecule has 0 fully saturated rings. The lowest BCUT2D eigenvalue weighted by Gasteiger charge is -2.15. The van der Waals surface area contributed by atoms with Gasteiger partial charge in [0, 0.05) is 31.4 Å². The molecule has 0 radical (unpaired) electrons. The minimum atomic E-state index is 0.391. The Labute approximate surface area is 211 Å². The second-order valence-electron chi connectivity index (χ2n) is 7.97. The van der Waals surface area contributed by atoms with Crippen molar-refractivity contribution >= 4 is 22.4 Å². The second kappa shape index (κ2) is 12.7. The first kappa shape index (κ1) is 25.2. The molecule has 0 bridgehead atoms. The van der Waals surface area contributed by atoms with E-state index in [1.807, 2.05) is 48.5 Å². The van der Waals surface area contributed by atoms with E-state index in [9.17, 15) is 0 Å². The van der Waals surface area contributed by atoms with E-state index in [1.165, 1.54) is 11.9 Å². The zero-order valence-electron chi connectivity index (χ0n) is 20.8. The maximum Gasteiger partial charge on any atom is 0.163 e. The minimum absolute atomic E-state index is 0.391. The number of methoxy groups -OCH3 is 2. The molecule has 3 aromatic carbocycles. The molecule has 1 N–H and O–H groups in total. The van der Waals surface area contributed by atoms with Crippen LogP contribution in [0.2, 0.25) is 0 Å². The Morgan fingerprint density at radius 2 is 1.47 bits per heavy atom. The number of aromatic nitrogens is 2. The molecule has 0 aliphatic rings. The average Bonchev–Trinajstić information content (AvgIpc) is 2.90. The molecule has 188 valence electrons. The summed E-state index contributed by atoms with van der Waals surface area (Å²) in [5.41, 5.74) is 2.83. The molecule has 4 rings (SSSR count). The molecule has 1 aromatic heterocycles. The number of hydrogen-bond acceptors (Lipinski definition) is 8. The molecule has 0 unspecified atom stereocenters. The standard InChI is InChI=1S/C28H31N3O5/c1-4-20-6-5-7-23(16-20)36-22-10-8-21(9-11-22)31-28-24-17-26(34-14-12-32-2)27(35-15-13-33-3)18-25(24)29-19-30-28/h5-11,16-19H,4,12-15H2,1-3H3,(H,29,30,31). The molecule has 36 heavy (non-hydrogen) atoms. The van der Waals surface area contributed by atoms with E-state index in [0.717, 1.165) is 34.5 Å². The first-order valence-corrected chi connectivity index (χ1v) is 11.9. The van der Waals surface area contributed by atoms with Crippen LogP contribution >= 0.6 is 0 Å². The molecule has 0 aliphatic carbocycles. The summed E-state index contributed by atoms with van der Waals surface area (Å²) >= 11 is 0. The van der Waals surface area contributed by atoms with Gasteiger partial charge in [-0.1, -0.05) is 19.1 Å². The molecular formula is C28H31N3O5. The van der Waals surface area contributed by atoms with Crippen LogP contribution in [0.5, 0.6) is 23.0 Å². The number of aryl methyl sites for hydroxylation is 1. The van der Waals surface area contributed by atoms with Crippen molar-refractivity contribution in [2.45, 2.75) is 13.3 Å². The van der Waals surface area contributed by atoms with Crippen molar-refractivity contribution in [1.29, 1.82) is 0 Å². The van der Waals surface area contributed by atoms with E-state index >= 15 is 0 Å². The van der Waals surface area contributed by atoms with Gasteiger partial charge in [-0.15, -0.1) is 0 Å². The lowest BCUT2D eigenvalue weighted by Crippen LogP contribution is -2.09. The largest absolute Gasteiger partial charge is 0.487 e. The summed E-state index contributed by atoms with van der Waals surface area (Å²) in [4.78, 5) is 8.88. The van der Waals surface area contributed by atoms with Gasteiger partial charge in [-0.2, -0.15) is 0 Å². The Bertz CT molecular complexity index is 1260. The summed E-state index contributed by atoms with van der Waals surface area (Å²) in [5.74, 6) is 3.42. The van der Waals surface area contributed by atoms with Gasteiger partial charge in [0.1, 0.15) is 36.9 Å². The number of ether oxygens (including phenoxy) is 5. The fraction of sp³-hybridized carbons (Fsp3) is 0.286. The van der Waals surface area contributed by atoms with Crippen molar-refractivity contribution in [3.8, 4) is 23.0 Å². The van der Waals surface area contributed by atoms with E-state index in [-0.39, 0.29) is 0 Å². The van der Waals surface area contributed by atoms with Crippen LogP contribution in [0, 0.1) is 0 Å². The lowest BCUT2D eigenvalue weighted by molar-refractivity contribution is 0.132. The zero-order valence-corrected chi connectivity index (χ0v) is 20.8. The van der Waals surface area contributed by atoms with E-state index < -0.39 is 0 Å². The monoisotopic (exact) mass is 489 g/mol. The molecular weight excluding hydrogens is 458 g/mol. The van der Waals surface area contributed by atoms with Crippen molar-refractivity contribution in [1.82, 2.24) is 9.97 Å². The zero-order chi connectivity index (χ0) is 25.2. The van der Waals surface area contributed by atoms with Gasteiger partial charge in [-0.25, -0.2) is 9.97 Å². The van der Waals surface area contributed by atoms with Crippen molar-refractivity contribution in [3.63, 3.8) is 0 Å². The number of nitrogens with one attached hydrogen (secondary N) is 1. The van der Waals surface area contributed by atoms with Crippen LogP contribution in [0.4, 0.5) is 11.5 Å². The van der Waals surface area contributed by atoms with Crippen molar-refractivity contribution in [2.75, 3.05) is 46.0 Å². The van der Waals surface area contributed by atoms with E-state index in [4.69, 9.17) is 23.7 Å². The summed E-state index contributed by atoms with van der Waals surface area (Å²) in [6.45, 7) is 3.84. The molecule has 0 atom stereocenters. The van der Waals surface area contributed by atoms with Crippen LogP contribution in [0.25, 0.3) is 10.9 Å². The number of hydrogen-bond donors (Lipinski definition) is 1. The molecule has 1 heterocycles. The highest BCUT2D eigenvalue weighted by atomic mass is 16.5. The Kier molecular flexibility index (Phi) is 8.91. The van der Waals surface area contributed by atoms with E-state index in [1.54, 1.807) is 14.2 Å². The molecule has 0 saturated carbocycles. The van der Waals surface area contributed by atoms with E-state index in [2.05, 4.69) is 34.3 Å². The quantitative estimate of drug-likeness (QED) is 0.237. The predicted molar refractivity (Wildman–Crippen MR) is 140 cm³/mol. The third-order valence-electron chi connectivity index (χ3n) is 5.45. The Morgan fingerprint density at radius 1 is 0.750 bits per heavy atom. The SMILES string of the molecule is CCc1cccc(Oc2ccc(Nc3ncnc4cc(OCCOC)c(OCCOC)cc34)cc2)c1. The molecule has 0 spiro atoms. The van der Waals surface area contributed by atoms with Gasteiger partial charge in [0.05, 0.1) is 18.7 Å². The number of nitrogens with zero attached hydrogens (tertiary/aromatic N) is 2. The highest BCUT2D eigenvalue weighted by molar-refractivity contribution is 5.93. The average molecular weight is 490 g/mol. The molecule has 8 nitrogen and oxygen atoms in total. The van der Waals surface area contributed by atoms with Gasteiger partial charge in [0.15, 0.2) is 11.5 Å². The summed E-state index contributed by atoms with van der Waals surface area (Å²) in [7, 11) is 3.27. The van der Waals surface area contributed by atoms with Gasteiger partial charge in [-0.3, -0.25) is 0 Å². The summed E-state index contributed by atoms with van der Waals surface area (Å²) in [6, 6.07) is 19.6. The van der Waals surface area contributed by atoms with Gasteiger partial charge in [0.25, 0.3) is 0 Å². The highest BCUT2D eigenvalue weighted by Gasteiger charge is 2.13. The van der Waals surface area contributed by atoms with Crippen molar-refractivity contribution in [3.05, 3.63) is 72.6 Å². The number of benzene rings is 3. The molecule has 4 aromatic rings. The molecule has 8 heteroatoms. The van der Waals surface area contributed by atoms with Crippen molar-refractivity contribution < 1.29 is 23.7 Å². The number of anilines is 2. The Morgan fingerprint density at radius 3 is 2.17 bits per heavy atom.